The molecule has 1 fully saturated rings. The van der Waals surface area contributed by atoms with Gasteiger partial charge in [0.2, 0.25) is 5.95 Å². The first-order chi connectivity index (χ1) is 11.6. The summed E-state index contributed by atoms with van der Waals surface area (Å²) in [6, 6.07) is 0. The summed E-state index contributed by atoms with van der Waals surface area (Å²) in [4.78, 5) is 39.5. The van der Waals surface area contributed by atoms with Crippen molar-refractivity contribution in [3.8, 4) is 0 Å². The van der Waals surface area contributed by atoms with Gasteiger partial charge in [0.05, 0.1) is 6.61 Å². The summed E-state index contributed by atoms with van der Waals surface area (Å²) >= 11 is 3.11. The molecule has 139 valence electrons. The van der Waals surface area contributed by atoms with Gasteiger partial charge in [0.25, 0.3) is 5.56 Å². The van der Waals surface area contributed by atoms with Gasteiger partial charge in [-0.15, -0.1) is 0 Å². The number of fused-ring (bicyclic) bond motifs is 1. The van der Waals surface area contributed by atoms with Crippen LogP contribution in [0.2, 0.25) is 0 Å². The number of hydrogen-bond acceptors (Lipinski definition) is 9. The second-order valence-electron chi connectivity index (χ2n) is 5.21. The minimum Gasteiger partial charge on any atom is -0.387 e. The van der Waals surface area contributed by atoms with Crippen molar-refractivity contribution in [1.82, 2.24) is 19.5 Å². The summed E-state index contributed by atoms with van der Waals surface area (Å²) in [6.07, 6.45) is -5.52. The fraction of sp³-hybridized carbons (Fsp3) is 0.500. The molecular weight excluding hydrogens is 452 g/mol. The average Bonchev–Trinajstić information content (AvgIpc) is 2.95. The number of ether oxygens (including phenoxy) is 1. The molecule has 1 radical (unpaired) electrons. The number of halogens is 1. The van der Waals surface area contributed by atoms with Crippen LogP contribution in [0.25, 0.3) is 11.2 Å². The number of hydrogen-bond donors (Lipinski definition) is 6. The van der Waals surface area contributed by atoms with E-state index in [4.69, 9.17) is 20.3 Å². The van der Waals surface area contributed by atoms with Crippen molar-refractivity contribution in [1.29, 1.82) is 0 Å². The molecule has 16 heteroatoms. The van der Waals surface area contributed by atoms with Gasteiger partial charge in [0.1, 0.15) is 18.3 Å². The van der Waals surface area contributed by atoms with Gasteiger partial charge in [-0.3, -0.25) is 18.9 Å². The molecule has 26 heavy (non-hydrogen) atoms. The number of aliphatic hydroxyl groups is 2. The summed E-state index contributed by atoms with van der Waals surface area (Å²) in [6.45, 7) is -0.667. The van der Waals surface area contributed by atoms with Crippen molar-refractivity contribution >= 4 is 70.4 Å². The molecule has 1 aliphatic rings. The molecule has 1 saturated heterocycles. The van der Waals surface area contributed by atoms with Gasteiger partial charge in [0, 0.05) is 29.6 Å². The zero-order chi connectivity index (χ0) is 18.5. The molecular formula is C10H13BrN5NaO8P. The van der Waals surface area contributed by atoms with Crippen LogP contribution in [0.3, 0.4) is 0 Å². The number of aromatic amines is 1. The van der Waals surface area contributed by atoms with Crippen molar-refractivity contribution in [2.45, 2.75) is 24.5 Å². The molecule has 13 nitrogen and oxygen atoms in total. The molecule has 0 bridgehead atoms. The van der Waals surface area contributed by atoms with Gasteiger partial charge in [0.15, 0.2) is 22.1 Å². The number of aromatic nitrogens is 4. The van der Waals surface area contributed by atoms with Crippen molar-refractivity contribution in [3.63, 3.8) is 0 Å². The average molecular weight is 465 g/mol. The minimum absolute atomic E-state index is 0. The molecule has 0 unspecified atom stereocenters. The Kier molecular flexibility index (Phi) is 6.68. The number of anilines is 1. The predicted molar refractivity (Wildman–Crippen MR) is 89.9 cm³/mol. The van der Waals surface area contributed by atoms with Crippen LogP contribution in [0.4, 0.5) is 5.95 Å². The second kappa shape index (κ2) is 7.93. The van der Waals surface area contributed by atoms with Gasteiger partial charge in [-0.1, -0.05) is 0 Å². The first-order valence-electron chi connectivity index (χ1n) is 6.73. The Balaban J connectivity index is 0.00000243. The van der Waals surface area contributed by atoms with Crippen molar-refractivity contribution < 1.29 is 33.8 Å². The van der Waals surface area contributed by atoms with Gasteiger partial charge in [-0.2, -0.15) is 4.98 Å². The zero-order valence-corrected chi connectivity index (χ0v) is 17.7. The predicted octanol–water partition coefficient (Wildman–Crippen LogP) is -2.19. The molecule has 2 aromatic rings. The largest absolute Gasteiger partial charge is 0.469 e. The van der Waals surface area contributed by atoms with Crippen LogP contribution < -0.4 is 11.3 Å². The molecule has 1 aliphatic heterocycles. The van der Waals surface area contributed by atoms with E-state index < -0.39 is 44.5 Å². The number of phosphoric ester groups is 1. The molecule has 0 saturated carbocycles. The molecule has 7 N–H and O–H groups in total. The SMILES string of the molecule is Nc1nc2c(nc(Br)n2[C@@H]2O[C@H](COP(=O)(O)O)[C@@H](O)[C@H]2O)c(=O)[nH]1.[Na]. The van der Waals surface area contributed by atoms with E-state index in [0.717, 1.165) is 0 Å². The molecule has 0 spiro atoms. The third-order valence-corrected chi connectivity index (χ3v) is 4.57. The Bertz CT molecular complexity index is 917. The van der Waals surface area contributed by atoms with Crippen LogP contribution in [0.5, 0.6) is 0 Å². The quantitative estimate of drug-likeness (QED) is 0.163. The maximum atomic E-state index is 11.9. The minimum atomic E-state index is -4.78. The van der Waals surface area contributed by atoms with Gasteiger partial charge < -0.3 is 30.5 Å². The number of phosphoric acid groups is 1. The number of aliphatic hydroxyl groups excluding tert-OH is 2. The smallest absolute Gasteiger partial charge is 0.387 e. The number of nitrogens with zero attached hydrogens (tertiary/aromatic N) is 3. The standard InChI is InChI=1S/C10H13BrN5O8P.Na/c11-9-13-3-6(14-10(12)15-7(3)19)16(9)8-5(18)4(17)2(24-8)1-23-25(20,21)22;/h2,4-5,8,17-18H,1H2,(H2,20,21,22)(H3,12,14,15,19);/t2-,4-,5-,8-;/m1./s1. The third-order valence-electron chi connectivity index (χ3n) is 3.52. The number of imidazole rings is 1. The van der Waals surface area contributed by atoms with Crippen molar-refractivity contribution in [3.05, 3.63) is 15.1 Å². The summed E-state index contributed by atoms with van der Waals surface area (Å²) in [5, 5.41) is 20.2. The molecule has 3 rings (SSSR count). The van der Waals surface area contributed by atoms with E-state index in [-0.39, 0.29) is 51.4 Å². The maximum absolute atomic E-state index is 11.9. The first-order valence-corrected chi connectivity index (χ1v) is 9.05. The monoisotopic (exact) mass is 464 g/mol. The van der Waals surface area contributed by atoms with Crippen LogP contribution in [0, 0.1) is 0 Å². The summed E-state index contributed by atoms with van der Waals surface area (Å²) in [5.74, 6) is -0.194. The number of nitrogen functional groups attached to an aromatic ring is 1. The van der Waals surface area contributed by atoms with Crippen LogP contribution in [-0.2, 0) is 13.8 Å². The Morgan fingerprint density at radius 2 is 2.00 bits per heavy atom. The fourth-order valence-electron chi connectivity index (χ4n) is 2.45. The molecule has 0 aliphatic carbocycles. The van der Waals surface area contributed by atoms with E-state index in [1.165, 1.54) is 4.57 Å². The topological polar surface area (TPSA) is 206 Å². The Labute approximate surface area is 175 Å². The first kappa shape index (κ1) is 21.9. The maximum Gasteiger partial charge on any atom is 0.469 e. The van der Waals surface area contributed by atoms with Crippen LogP contribution in [-0.4, -0.2) is 94.0 Å². The van der Waals surface area contributed by atoms with Crippen LogP contribution >= 0.6 is 23.8 Å². The molecule has 4 atom stereocenters. The Hall–Kier alpha value is -0.380. The molecule has 2 aromatic heterocycles. The van der Waals surface area contributed by atoms with E-state index in [0.29, 0.717) is 0 Å². The molecule has 0 amide bonds. The van der Waals surface area contributed by atoms with Crippen molar-refractivity contribution in [2.75, 3.05) is 12.3 Å². The summed E-state index contributed by atoms with van der Waals surface area (Å²) in [7, 11) is -4.78. The van der Waals surface area contributed by atoms with E-state index in [9.17, 15) is 19.6 Å². The Morgan fingerprint density at radius 3 is 2.62 bits per heavy atom. The third kappa shape index (κ3) is 4.20. The van der Waals surface area contributed by atoms with E-state index in [1.807, 2.05) is 0 Å². The normalized spacial score (nSPS) is 26.2. The van der Waals surface area contributed by atoms with Crippen LogP contribution in [0.15, 0.2) is 9.53 Å². The molecule has 3 heterocycles. The molecule has 0 aromatic carbocycles. The van der Waals surface area contributed by atoms with E-state index in [1.54, 1.807) is 0 Å². The van der Waals surface area contributed by atoms with Gasteiger partial charge in [-0.05, 0) is 15.9 Å². The zero-order valence-electron chi connectivity index (χ0n) is 13.2. The number of H-pyrrole nitrogens is 1. The Morgan fingerprint density at radius 1 is 1.35 bits per heavy atom. The summed E-state index contributed by atoms with van der Waals surface area (Å²) in [5.41, 5.74) is 4.79. The fourth-order valence-corrected chi connectivity index (χ4v) is 3.34. The number of nitrogens with two attached hydrogens (primary N) is 1. The van der Waals surface area contributed by atoms with E-state index in [2.05, 4.69) is 35.4 Å². The number of rotatable bonds is 4. The van der Waals surface area contributed by atoms with E-state index >= 15 is 0 Å². The number of nitrogens with one attached hydrogen (secondary N) is 1. The van der Waals surface area contributed by atoms with Gasteiger partial charge in [-0.25, -0.2) is 9.55 Å². The van der Waals surface area contributed by atoms with Crippen molar-refractivity contribution in [2.24, 2.45) is 0 Å². The van der Waals surface area contributed by atoms with Crippen LogP contribution in [0.1, 0.15) is 6.23 Å². The summed E-state index contributed by atoms with van der Waals surface area (Å²) < 4.78 is 21.8. The second-order valence-corrected chi connectivity index (χ2v) is 7.16. The van der Waals surface area contributed by atoms with Gasteiger partial charge >= 0.3 is 7.82 Å².